The van der Waals surface area contributed by atoms with Crippen LogP contribution >= 0.6 is 22.9 Å². The Kier molecular flexibility index (Phi) is 6.24. The van der Waals surface area contributed by atoms with Crippen molar-refractivity contribution in [2.75, 3.05) is 6.54 Å². The molecule has 0 spiro atoms. The molecule has 0 unspecified atom stereocenters. The fraction of sp³-hybridized carbons (Fsp3) is 0.200. The van der Waals surface area contributed by atoms with Crippen LogP contribution in [0.15, 0.2) is 42.5 Å². The van der Waals surface area contributed by atoms with E-state index in [-0.39, 0.29) is 18.5 Å². The first kappa shape index (κ1) is 16.3. The molecule has 0 radical (unpaired) electrons. The standard InChI is InChI=1S/C15H16ClN3O2S/c16-13-7-6-12(22-13)9-17-14(20)10-19-15(21)18-8-11-4-2-1-3-5-11/h1-7H,8-10H2,(H,17,20)(H2,18,19,21). The van der Waals surface area contributed by atoms with Crippen molar-refractivity contribution in [1.29, 1.82) is 0 Å². The molecule has 5 nitrogen and oxygen atoms in total. The van der Waals surface area contributed by atoms with Crippen LogP contribution in [0.3, 0.4) is 0 Å². The summed E-state index contributed by atoms with van der Waals surface area (Å²) >= 11 is 7.22. The lowest BCUT2D eigenvalue weighted by Crippen LogP contribution is -2.41. The van der Waals surface area contributed by atoms with Gasteiger partial charge in [0.2, 0.25) is 5.91 Å². The number of thiophene rings is 1. The molecule has 1 aromatic heterocycles. The van der Waals surface area contributed by atoms with E-state index >= 15 is 0 Å². The minimum atomic E-state index is -0.377. The van der Waals surface area contributed by atoms with Crippen LogP contribution in [-0.2, 0) is 17.9 Å². The average Bonchev–Trinajstić information content (AvgIpc) is 2.95. The molecule has 22 heavy (non-hydrogen) atoms. The van der Waals surface area contributed by atoms with Crippen molar-refractivity contribution in [3.63, 3.8) is 0 Å². The molecule has 3 N–H and O–H groups in total. The molecule has 0 atom stereocenters. The van der Waals surface area contributed by atoms with Gasteiger partial charge in [-0.2, -0.15) is 0 Å². The molecule has 7 heteroatoms. The van der Waals surface area contributed by atoms with Gasteiger partial charge in [-0.3, -0.25) is 4.79 Å². The second-order valence-corrected chi connectivity index (χ2v) is 6.30. The maximum absolute atomic E-state index is 11.6. The predicted octanol–water partition coefficient (Wildman–Crippen LogP) is 2.52. The molecule has 0 bridgehead atoms. The lowest BCUT2D eigenvalue weighted by molar-refractivity contribution is -0.120. The Hall–Kier alpha value is -2.05. The summed E-state index contributed by atoms with van der Waals surface area (Å²) < 4.78 is 0.683. The Morgan fingerprint density at radius 1 is 0.955 bits per heavy atom. The van der Waals surface area contributed by atoms with Crippen molar-refractivity contribution in [3.05, 3.63) is 57.2 Å². The summed E-state index contributed by atoms with van der Waals surface area (Å²) in [5, 5.41) is 7.91. The zero-order valence-corrected chi connectivity index (χ0v) is 13.3. The van der Waals surface area contributed by atoms with Crippen molar-refractivity contribution >= 4 is 34.9 Å². The molecule has 0 aliphatic carbocycles. The van der Waals surface area contributed by atoms with Gasteiger partial charge in [0.1, 0.15) is 0 Å². The highest BCUT2D eigenvalue weighted by Gasteiger charge is 2.06. The second kappa shape index (κ2) is 8.41. The smallest absolute Gasteiger partial charge is 0.315 e. The molecule has 2 aromatic rings. The summed E-state index contributed by atoms with van der Waals surface area (Å²) in [4.78, 5) is 24.2. The van der Waals surface area contributed by atoms with E-state index in [1.807, 2.05) is 36.4 Å². The van der Waals surface area contributed by atoms with Crippen LogP contribution < -0.4 is 16.0 Å². The van der Waals surface area contributed by atoms with Gasteiger partial charge in [-0.05, 0) is 17.7 Å². The minimum absolute atomic E-state index is 0.0697. The van der Waals surface area contributed by atoms with Gasteiger partial charge in [-0.1, -0.05) is 41.9 Å². The summed E-state index contributed by atoms with van der Waals surface area (Å²) in [7, 11) is 0. The maximum atomic E-state index is 11.6. The number of hydrogen-bond donors (Lipinski definition) is 3. The summed E-state index contributed by atoms with van der Waals surface area (Å²) in [6.07, 6.45) is 0. The summed E-state index contributed by atoms with van der Waals surface area (Å²) in [6, 6.07) is 12.8. The van der Waals surface area contributed by atoms with Crippen LogP contribution in [0.25, 0.3) is 0 Å². The number of nitrogens with one attached hydrogen (secondary N) is 3. The zero-order chi connectivity index (χ0) is 15.8. The number of carbonyl (C=O) groups excluding carboxylic acids is 2. The number of carbonyl (C=O) groups is 2. The molecule has 0 saturated heterocycles. The Balaban J connectivity index is 1.62. The third-order valence-electron chi connectivity index (χ3n) is 2.79. The minimum Gasteiger partial charge on any atom is -0.350 e. The van der Waals surface area contributed by atoms with Gasteiger partial charge in [0, 0.05) is 11.4 Å². The number of benzene rings is 1. The van der Waals surface area contributed by atoms with Gasteiger partial charge in [0.15, 0.2) is 0 Å². The van der Waals surface area contributed by atoms with Crippen LogP contribution in [0.5, 0.6) is 0 Å². The van der Waals surface area contributed by atoms with E-state index in [0.717, 1.165) is 10.4 Å². The van der Waals surface area contributed by atoms with Gasteiger partial charge in [-0.25, -0.2) is 4.79 Å². The highest BCUT2D eigenvalue weighted by Crippen LogP contribution is 2.20. The van der Waals surface area contributed by atoms with E-state index < -0.39 is 0 Å². The number of rotatable bonds is 6. The van der Waals surface area contributed by atoms with E-state index in [2.05, 4.69) is 16.0 Å². The number of hydrogen-bond acceptors (Lipinski definition) is 3. The molecule has 0 aliphatic rings. The van der Waals surface area contributed by atoms with Gasteiger partial charge in [0.25, 0.3) is 0 Å². The highest BCUT2D eigenvalue weighted by atomic mass is 35.5. The molecule has 1 heterocycles. The highest BCUT2D eigenvalue weighted by molar-refractivity contribution is 7.16. The Bertz CT molecular complexity index is 631. The van der Waals surface area contributed by atoms with Crippen LogP contribution in [0, 0.1) is 0 Å². The molecular formula is C15H16ClN3O2S. The number of halogens is 1. The van der Waals surface area contributed by atoms with Gasteiger partial charge >= 0.3 is 6.03 Å². The molecule has 2 rings (SSSR count). The Labute approximate surface area is 137 Å². The normalized spacial score (nSPS) is 10.0. The van der Waals surface area contributed by atoms with Gasteiger partial charge < -0.3 is 16.0 Å². The maximum Gasteiger partial charge on any atom is 0.315 e. The van der Waals surface area contributed by atoms with Crippen molar-refractivity contribution in [3.8, 4) is 0 Å². The molecule has 0 saturated carbocycles. The first-order valence-corrected chi connectivity index (χ1v) is 7.89. The van der Waals surface area contributed by atoms with Gasteiger partial charge in [0.05, 0.1) is 17.4 Å². The molecular weight excluding hydrogens is 322 g/mol. The molecule has 1 aromatic carbocycles. The molecule has 116 valence electrons. The molecule has 0 aliphatic heterocycles. The monoisotopic (exact) mass is 337 g/mol. The van der Waals surface area contributed by atoms with E-state index in [1.165, 1.54) is 11.3 Å². The fourth-order valence-corrected chi connectivity index (χ4v) is 2.72. The van der Waals surface area contributed by atoms with Gasteiger partial charge in [-0.15, -0.1) is 11.3 Å². The summed E-state index contributed by atoms with van der Waals surface area (Å²) in [5.41, 5.74) is 0.997. The summed E-state index contributed by atoms with van der Waals surface area (Å²) in [5.74, 6) is -0.251. The lowest BCUT2D eigenvalue weighted by Gasteiger charge is -2.08. The van der Waals surface area contributed by atoms with Crippen LogP contribution in [0.1, 0.15) is 10.4 Å². The Morgan fingerprint density at radius 3 is 2.41 bits per heavy atom. The fourth-order valence-electron chi connectivity index (χ4n) is 1.70. The zero-order valence-electron chi connectivity index (χ0n) is 11.8. The second-order valence-electron chi connectivity index (χ2n) is 4.50. The third kappa shape index (κ3) is 5.75. The van der Waals surface area contributed by atoms with Crippen LogP contribution in [0.4, 0.5) is 4.79 Å². The first-order chi connectivity index (χ1) is 10.6. The number of amides is 3. The van der Waals surface area contributed by atoms with Crippen molar-refractivity contribution < 1.29 is 9.59 Å². The SMILES string of the molecule is O=C(CNC(=O)NCc1ccccc1)NCc1ccc(Cl)s1. The number of urea groups is 1. The average molecular weight is 338 g/mol. The van der Waals surface area contributed by atoms with Crippen molar-refractivity contribution in [2.45, 2.75) is 13.1 Å². The first-order valence-electron chi connectivity index (χ1n) is 6.70. The van der Waals surface area contributed by atoms with Crippen molar-refractivity contribution in [1.82, 2.24) is 16.0 Å². The van der Waals surface area contributed by atoms with Crippen LogP contribution in [0.2, 0.25) is 4.34 Å². The molecule has 3 amide bonds. The summed E-state index contributed by atoms with van der Waals surface area (Å²) in [6.45, 7) is 0.755. The van der Waals surface area contributed by atoms with E-state index in [0.29, 0.717) is 17.4 Å². The largest absolute Gasteiger partial charge is 0.350 e. The molecule has 0 fully saturated rings. The van der Waals surface area contributed by atoms with E-state index in [9.17, 15) is 9.59 Å². The van der Waals surface area contributed by atoms with Crippen LogP contribution in [-0.4, -0.2) is 18.5 Å². The quantitative estimate of drug-likeness (QED) is 0.758. The van der Waals surface area contributed by atoms with E-state index in [1.54, 1.807) is 6.07 Å². The van der Waals surface area contributed by atoms with E-state index in [4.69, 9.17) is 11.6 Å². The lowest BCUT2D eigenvalue weighted by atomic mass is 10.2. The topological polar surface area (TPSA) is 70.2 Å². The predicted molar refractivity (Wildman–Crippen MR) is 87.9 cm³/mol. The van der Waals surface area contributed by atoms with Crippen molar-refractivity contribution in [2.24, 2.45) is 0 Å². The third-order valence-corrected chi connectivity index (χ3v) is 4.03. The Morgan fingerprint density at radius 2 is 1.73 bits per heavy atom.